The highest BCUT2D eigenvalue weighted by Gasteiger charge is 2.27. The summed E-state index contributed by atoms with van der Waals surface area (Å²) in [4.78, 5) is 9.84. The number of benzene rings is 1. The molecule has 1 atom stereocenters. The van der Waals surface area contributed by atoms with Crippen molar-refractivity contribution in [2.45, 2.75) is 38.8 Å². The van der Waals surface area contributed by atoms with Gasteiger partial charge in [-0.25, -0.2) is 0 Å². The summed E-state index contributed by atoms with van der Waals surface area (Å²) in [5.41, 5.74) is 0. The topological polar surface area (TPSA) is 62.5 Å². The van der Waals surface area contributed by atoms with Crippen molar-refractivity contribution in [3.8, 4) is 5.75 Å². The van der Waals surface area contributed by atoms with Crippen LogP contribution < -0.4 is 10.1 Å². The molecule has 0 bridgehead atoms. The first-order valence-corrected chi connectivity index (χ1v) is 11.9. The number of furan rings is 1. The smallest absolute Gasteiger partial charge is 0.193 e. The molecular weight excluding hydrogens is 404 g/mol. The molecule has 7 heteroatoms. The second-order valence-corrected chi connectivity index (χ2v) is 8.42. The second kappa shape index (κ2) is 11.4. The summed E-state index contributed by atoms with van der Waals surface area (Å²) >= 11 is 0. The Morgan fingerprint density at radius 1 is 1.09 bits per heavy atom. The van der Waals surface area contributed by atoms with Gasteiger partial charge in [-0.05, 0) is 38.1 Å². The first-order valence-electron chi connectivity index (χ1n) is 11.9. The van der Waals surface area contributed by atoms with Gasteiger partial charge >= 0.3 is 0 Å². The Balaban J connectivity index is 1.40. The third kappa shape index (κ3) is 6.04. The maximum atomic E-state index is 6.16. The summed E-state index contributed by atoms with van der Waals surface area (Å²) in [6.07, 6.45) is 2.23. The first kappa shape index (κ1) is 22.7. The van der Waals surface area contributed by atoms with Gasteiger partial charge in [0.15, 0.2) is 5.96 Å². The van der Waals surface area contributed by atoms with E-state index in [4.69, 9.17) is 18.9 Å². The number of hydrogen-bond donors (Lipinski definition) is 1. The summed E-state index contributed by atoms with van der Waals surface area (Å²) in [6.45, 7) is 10.8. The third-order valence-corrected chi connectivity index (χ3v) is 6.11. The fourth-order valence-corrected chi connectivity index (χ4v) is 4.38. The minimum absolute atomic E-state index is 0.125. The van der Waals surface area contributed by atoms with Gasteiger partial charge in [-0.15, -0.1) is 0 Å². The monoisotopic (exact) mass is 440 g/mol. The molecule has 1 N–H and O–H groups in total. The lowest BCUT2D eigenvalue weighted by atomic mass is 10.1. The van der Waals surface area contributed by atoms with Gasteiger partial charge in [0, 0.05) is 45.6 Å². The molecule has 3 heterocycles. The van der Waals surface area contributed by atoms with Crippen LogP contribution in [0.25, 0.3) is 0 Å². The Kier molecular flexibility index (Phi) is 8.07. The Hall–Kier alpha value is -2.51. The SMILES string of the molecule is CCNC(=NCC(c1ccc(C)o1)N1CCOCC1)N1CCC(Oc2ccccc2)CC1. The van der Waals surface area contributed by atoms with Crippen molar-refractivity contribution in [3.05, 3.63) is 54.0 Å². The summed E-state index contributed by atoms with van der Waals surface area (Å²) in [5.74, 6) is 3.86. The molecule has 0 saturated carbocycles. The molecular formula is C25H36N4O3. The summed E-state index contributed by atoms with van der Waals surface area (Å²) in [6, 6.07) is 14.4. The van der Waals surface area contributed by atoms with Crippen molar-refractivity contribution in [2.75, 3.05) is 52.5 Å². The molecule has 2 fully saturated rings. The van der Waals surface area contributed by atoms with Crippen LogP contribution in [-0.2, 0) is 4.74 Å². The van der Waals surface area contributed by atoms with E-state index in [1.807, 2.05) is 43.3 Å². The number of hydrogen-bond acceptors (Lipinski definition) is 5. The molecule has 4 rings (SSSR count). The maximum absolute atomic E-state index is 6.16. The number of ether oxygens (including phenoxy) is 2. The molecule has 2 aliphatic rings. The molecule has 0 spiro atoms. The van der Waals surface area contributed by atoms with Crippen LogP contribution in [0.1, 0.15) is 37.3 Å². The van der Waals surface area contributed by atoms with E-state index in [1.165, 1.54) is 0 Å². The Morgan fingerprint density at radius 3 is 2.50 bits per heavy atom. The quantitative estimate of drug-likeness (QED) is 0.526. The number of piperidine rings is 1. The Labute approximate surface area is 191 Å². The van der Waals surface area contributed by atoms with E-state index in [2.05, 4.69) is 28.1 Å². The van der Waals surface area contributed by atoms with Gasteiger partial charge in [-0.1, -0.05) is 18.2 Å². The van der Waals surface area contributed by atoms with Crippen molar-refractivity contribution < 1.29 is 13.9 Å². The van der Waals surface area contributed by atoms with Gasteiger partial charge in [0.1, 0.15) is 23.4 Å². The molecule has 1 aromatic heterocycles. The van der Waals surface area contributed by atoms with E-state index in [0.717, 1.165) is 82.0 Å². The Morgan fingerprint density at radius 2 is 1.84 bits per heavy atom. The highest BCUT2D eigenvalue weighted by atomic mass is 16.5. The summed E-state index contributed by atoms with van der Waals surface area (Å²) < 4.78 is 17.7. The highest BCUT2D eigenvalue weighted by Crippen LogP contribution is 2.25. The first-order chi connectivity index (χ1) is 15.7. The number of aliphatic imine (C=N–C) groups is 1. The highest BCUT2D eigenvalue weighted by molar-refractivity contribution is 5.80. The number of likely N-dealkylation sites (tertiary alicyclic amines) is 1. The van der Waals surface area contributed by atoms with Crippen LogP contribution in [0, 0.1) is 6.92 Å². The van der Waals surface area contributed by atoms with E-state index in [1.54, 1.807) is 0 Å². The lowest BCUT2D eigenvalue weighted by Gasteiger charge is -2.35. The number of para-hydroxylation sites is 1. The molecule has 174 valence electrons. The zero-order valence-corrected chi connectivity index (χ0v) is 19.3. The van der Waals surface area contributed by atoms with Crippen LogP contribution >= 0.6 is 0 Å². The lowest BCUT2D eigenvalue weighted by Crippen LogP contribution is -2.48. The van der Waals surface area contributed by atoms with Crippen molar-refractivity contribution in [3.63, 3.8) is 0 Å². The van der Waals surface area contributed by atoms with Gasteiger partial charge in [0.05, 0.1) is 25.8 Å². The number of rotatable bonds is 7. The standard InChI is InChI=1S/C25H36N4O3/c1-3-26-25(29-13-11-22(12-14-29)32-21-7-5-4-6-8-21)27-19-23(24-10-9-20(2)31-24)28-15-17-30-18-16-28/h4-10,22-23H,3,11-19H2,1-2H3,(H,26,27). The zero-order valence-electron chi connectivity index (χ0n) is 19.3. The predicted molar refractivity (Wildman–Crippen MR) is 126 cm³/mol. The minimum Gasteiger partial charge on any atom is -0.490 e. The largest absolute Gasteiger partial charge is 0.490 e. The van der Waals surface area contributed by atoms with Crippen molar-refractivity contribution in [1.82, 2.24) is 15.1 Å². The van der Waals surface area contributed by atoms with Crippen molar-refractivity contribution >= 4 is 5.96 Å². The number of nitrogens with zero attached hydrogens (tertiary/aromatic N) is 3. The van der Waals surface area contributed by atoms with E-state index < -0.39 is 0 Å². The molecule has 2 saturated heterocycles. The number of nitrogens with one attached hydrogen (secondary N) is 1. The maximum Gasteiger partial charge on any atom is 0.193 e. The van der Waals surface area contributed by atoms with E-state index in [-0.39, 0.29) is 12.1 Å². The normalized spacial score (nSPS) is 19.7. The minimum atomic E-state index is 0.125. The van der Waals surface area contributed by atoms with Gasteiger partial charge in [-0.2, -0.15) is 0 Å². The molecule has 0 amide bonds. The van der Waals surface area contributed by atoms with Crippen LogP contribution in [0.2, 0.25) is 0 Å². The van der Waals surface area contributed by atoms with E-state index in [9.17, 15) is 0 Å². The van der Waals surface area contributed by atoms with Gasteiger partial charge in [-0.3, -0.25) is 9.89 Å². The van der Waals surface area contributed by atoms with Gasteiger partial charge in [0.25, 0.3) is 0 Å². The van der Waals surface area contributed by atoms with Crippen molar-refractivity contribution in [2.24, 2.45) is 4.99 Å². The lowest BCUT2D eigenvalue weighted by molar-refractivity contribution is 0.0134. The van der Waals surface area contributed by atoms with Crippen molar-refractivity contribution in [1.29, 1.82) is 0 Å². The van der Waals surface area contributed by atoms with Crippen LogP contribution in [-0.4, -0.2) is 74.3 Å². The van der Waals surface area contributed by atoms with Crippen LogP contribution in [0.15, 0.2) is 51.9 Å². The molecule has 0 aliphatic carbocycles. The third-order valence-electron chi connectivity index (χ3n) is 6.11. The number of aryl methyl sites for hydroxylation is 1. The fraction of sp³-hybridized carbons (Fsp3) is 0.560. The van der Waals surface area contributed by atoms with Gasteiger partial charge in [0.2, 0.25) is 0 Å². The summed E-state index contributed by atoms with van der Waals surface area (Å²) in [7, 11) is 0. The molecule has 2 aromatic rings. The fourth-order valence-electron chi connectivity index (χ4n) is 4.38. The van der Waals surface area contributed by atoms with Gasteiger partial charge < -0.3 is 24.1 Å². The second-order valence-electron chi connectivity index (χ2n) is 8.42. The molecule has 1 unspecified atom stereocenters. The molecule has 1 aromatic carbocycles. The summed E-state index contributed by atoms with van der Waals surface area (Å²) in [5, 5.41) is 3.49. The van der Waals surface area contributed by atoms with E-state index >= 15 is 0 Å². The van der Waals surface area contributed by atoms with Crippen LogP contribution in [0.4, 0.5) is 0 Å². The Bertz CT molecular complexity index is 840. The average Bonchev–Trinajstić information content (AvgIpc) is 3.26. The number of guanidine groups is 1. The molecule has 0 radical (unpaired) electrons. The van der Waals surface area contributed by atoms with Crippen LogP contribution in [0.3, 0.4) is 0 Å². The zero-order chi connectivity index (χ0) is 22.2. The predicted octanol–water partition coefficient (Wildman–Crippen LogP) is 3.47. The molecule has 2 aliphatic heterocycles. The van der Waals surface area contributed by atoms with E-state index in [0.29, 0.717) is 6.54 Å². The molecule has 32 heavy (non-hydrogen) atoms. The number of morpholine rings is 1. The van der Waals surface area contributed by atoms with Crippen LogP contribution in [0.5, 0.6) is 5.75 Å². The average molecular weight is 441 g/mol. The molecule has 7 nitrogen and oxygen atoms in total.